The second kappa shape index (κ2) is 5.91. The highest BCUT2D eigenvalue weighted by molar-refractivity contribution is 6.02. The van der Waals surface area contributed by atoms with E-state index in [4.69, 9.17) is 0 Å². The highest BCUT2D eigenvalue weighted by Gasteiger charge is 2.30. The molecule has 1 fully saturated rings. The minimum absolute atomic E-state index is 0.200. The van der Waals surface area contributed by atoms with Crippen LogP contribution in [0.15, 0.2) is 42.6 Å². The van der Waals surface area contributed by atoms with Crippen molar-refractivity contribution in [2.75, 3.05) is 10.6 Å². The van der Waals surface area contributed by atoms with Gasteiger partial charge in [0.25, 0.3) is 5.91 Å². The molecule has 1 amide bonds. The standard InChI is InChI=1S/C16H14F3N3O/c17-16(18,19)10-1-3-12(4-2-10)22-15(23)14-8-7-13(9-20-14)21-11-5-6-11/h1-4,7-9,11,21H,5-6H2,(H,22,23). The predicted octanol–water partition coefficient (Wildman–Crippen LogP) is 3.93. The summed E-state index contributed by atoms with van der Waals surface area (Å²) in [5, 5.41) is 5.77. The van der Waals surface area contributed by atoms with E-state index < -0.39 is 17.6 Å². The van der Waals surface area contributed by atoms with E-state index in [2.05, 4.69) is 15.6 Å². The van der Waals surface area contributed by atoms with Gasteiger partial charge in [0.15, 0.2) is 0 Å². The number of amides is 1. The fourth-order valence-corrected chi connectivity index (χ4v) is 2.01. The first-order valence-electron chi connectivity index (χ1n) is 7.13. The molecule has 0 bridgehead atoms. The molecule has 1 heterocycles. The second-order valence-corrected chi connectivity index (χ2v) is 5.38. The molecule has 23 heavy (non-hydrogen) atoms. The molecule has 4 nitrogen and oxygen atoms in total. The lowest BCUT2D eigenvalue weighted by molar-refractivity contribution is -0.137. The van der Waals surface area contributed by atoms with Crippen LogP contribution >= 0.6 is 0 Å². The highest BCUT2D eigenvalue weighted by Crippen LogP contribution is 2.30. The van der Waals surface area contributed by atoms with E-state index in [1.165, 1.54) is 12.1 Å². The van der Waals surface area contributed by atoms with E-state index in [-0.39, 0.29) is 11.4 Å². The maximum Gasteiger partial charge on any atom is 0.416 e. The molecule has 0 radical (unpaired) electrons. The average molecular weight is 321 g/mol. The van der Waals surface area contributed by atoms with Crippen molar-refractivity contribution in [1.29, 1.82) is 0 Å². The molecule has 0 atom stereocenters. The number of carbonyl (C=O) groups excluding carboxylic acids is 1. The molecule has 1 aliphatic carbocycles. The number of hydrogen-bond donors (Lipinski definition) is 2. The lowest BCUT2D eigenvalue weighted by Gasteiger charge is -2.09. The molecule has 0 saturated heterocycles. The summed E-state index contributed by atoms with van der Waals surface area (Å²) in [6, 6.07) is 8.09. The molecule has 1 aromatic heterocycles. The van der Waals surface area contributed by atoms with E-state index >= 15 is 0 Å². The summed E-state index contributed by atoms with van der Waals surface area (Å²) in [4.78, 5) is 16.1. The van der Waals surface area contributed by atoms with Crippen LogP contribution in [-0.4, -0.2) is 16.9 Å². The number of aromatic nitrogens is 1. The summed E-state index contributed by atoms with van der Waals surface area (Å²) < 4.78 is 37.4. The summed E-state index contributed by atoms with van der Waals surface area (Å²) in [5.41, 5.74) is 0.568. The van der Waals surface area contributed by atoms with Gasteiger partial charge in [-0.25, -0.2) is 4.98 Å². The number of alkyl halides is 3. The van der Waals surface area contributed by atoms with Crippen LogP contribution in [0.3, 0.4) is 0 Å². The minimum Gasteiger partial charge on any atom is -0.381 e. The number of halogens is 3. The smallest absolute Gasteiger partial charge is 0.381 e. The van der Waals surface area contributed by atoms with Gasteiger partial charge in [0.1, 0.15) is 5.69 Å². The van der Waals surface area contributed by atoms with Gasteiger partial charge in [-0.3, -0.25) is 4.79 Å². The van der Waals surface area contributed by atoms with Crippen LogP contribution in [0.25, 0.3) is 0 Å². The normalized spacial score (nSPS) is 14.4. The van der Waals surface area contributed by atoms with Crippen LogP contribution in [0, 0.1) is 0 Å². The Morgan fingerprint density at radius 1 is 1.04 bits per heavy atom. The topological polar surface area (TPSA) is 54.0 Å². The van der Waals surface area contributed by atoms with Gasteiger partial charge in [-0.15, -0.1) is 0 Å². The van der Waals surface area contributed by atoms with Crippen molar-refractivity contribution in [3.8, 4) is 0 Å². The Morgan fingerprint density at radius 2 is 1.70 bits per heavy atom. The first kappa shape index (κ1) is 15.3. The molecule has 1 saturated carbocycles. The Kier molecular flexibility index (Phi) is 3.94. The van der Waals surface area contributed by atoms with Crippen molar-refractivity contribution >= 4 is 17.3 Å². The van der Waals surface area contributed by atoms with E-state index in [9.17, 15) is 18.0 Å². The number of rotatable bonds is 4. The van der Waals surface area contributed by atoms with E-state index in [1.54, 1.807) is 18.3 Å². The molecule has 1 aliphatic rings. The molecule has 0 aliphatic heterocycles. The quantitative estimate of drug-likeness (QED) is 0.897. The highest BCUT2D eigenvalue weighted by atomic mass is 19.4. The summed E-state index contributed by atoms with van der Waals surface area (Å²) in [7, 11) is 0. The zero-order chi connectivity index (χ0) is 16.4. The molecular formula is C16H14F3N3O. The maximum atomic E-state index is 12.5. The fourth-order valence-electron chi connectivity index (χ4n) is 2.01. The number of nitrogens with one attached hydrogen (secondary N) is 2. The monoisotopic (exact) mass is 321 g/mol. The lowest BCUT2D eigenvalue weighted by atomic mass is 10.2. The molecule has 120 valence electrons. The molecule has 0 spiro atoms. The molecule has 3 rings (SSSR count). The fraction of sp³-hybridized carbons (Fsp3) is 0.250. The van der Waals surface area contributed by atoms with Crippen LogP contribution in [0.1, 0.15) is 28.9 Å². The van der Waals surface area contributed by atoms with Crippen LogP contribution in [0.4, 0.5) is 24.5 Å². The Labute approximate surface area is 130 Å². The largest absolute Gasteiger partial charge is 0.416 e. The molecular weight excluding hydrogens is 307 g/mol. The SMILES string of the molecule is O=C(Nc1ccc(C(F)(F)F)cc1)c1ccc(NC2CC2)cn1. The van der Waals surface area contributed by atoms with Gasteiger partial charge in [-0.1, -0.05) is 0 Å². The Hall–Kier alpha value is -2.57. The molecule has 2 N–H and O–H groups in total. The summed E-state index contributed by atoms with van der Waals surface area (Å²) in [5.74, 6) is -0.470. The second-order valence-electron chi connectivity index (χ2n) is 5.38. The number of nitrogens with zero attached hydrogens (tertiary/aromatic N) is 1. The lowest BCUT2D eigenvalue weighted by Crippen LogP contribution is -2.14. The van der Waals surface area contributed by atoms with Gasteiger partial charge in [0.05, 0.1) is 17.4 Å². The van der Waals surface area contributed by atoms with Crippen molar-refractivity contribution in [2.45, 2.75) is 25.1 Å². The Balaban J connectivity index is 1.63. The first-order valence-corrected chi connectivity index (χ1v) is 7.13. The summed E-state index contributed by atoms with van der Waals surface area (Å²) in [6.45, 7) is 0. The van der Waals surface area contributed by atoms with Gasteiger partial charge >= 0.3 is 6.18 Å². The Bertz CT molecular complexity index is 692. The predicted molar refractivity (Wildman–Crippen MR) is 80.3 cm³/mol. The first-order chi connectivity index (χ1) is 10.9. The Morgan fingerprint density at radius 3 is 2.22 bits per heavy atom. The number of carbonyl (C=O) groups is 1. The summed E-state index contributed by atoms with van der Waals surface area (Å²) >= 11 is 0. The van der Waals surface area contributed by atoms with Gasteiger partial charge in [0.2, 0.25) is 0 Å². The van der Waals surface area contributed by atoms with Crippen molar-refractivity contribution in [2.24, 2.45) is 0 Å². The zero-order valence-corrected chi connectivity index (χ0v) is 12.0. The molecule has 2 aromatic rings. The van der Waals surface area contributed by atoms with Gasteiger partial charge in [0, 0.05) is 11.7 Å². The van der Waals surface area contributed by atoms with Crippen molar-refractivity contribution in [3.05, 3.63) is 53.9 Å². The average Bonchev–Trinajstić information content (AvgIpc) is 3.31. The summed E-state index contributed by atoms with van der Waals surface area (Å²) in [6.07, 6.45) is -0.555. The van der Waals surface area contributed by atoms with Gasteiger partial charge < -0.3 is 10.6 Å². The minimum atomic E-state index is -4.39. The van der Waals surface area contributed by atoms with Crippen LogP contribution in [-0.2, 0) is 6.18 Å². The van der Waals surface area contributed by atoms with Crippen LogP contribution in [0.5, 0.6) is 0 Å². The third kappa shape index (κ3) is 4.00. The molecule has 1 aromatic carbocycles. The van der Waals surface area contributed by atoms with Crippen LogP contribution in [0.2, 0.25) is 0 Å². The maximum absolute atomic E-state index is 12.5. The third-order valence-corrected chi connectivity index (χ3v) is 3.41. The third-order valence-electron chi connectivity index (χ3n) is 3.41. The van der Waals surface area contributed by atoms with E-state index in [0.717, 1.165) is 30.7 Å². The van der Waals surface area contributed by atoms with Gasteiger partial charge in [-0.2, -0.15) is 13.2 Å². The van der Waals surface area contributed by atoms with E-state index in [1.807, 2.05) is 0 Å². The molecule has 7 heteroatoms. The van der Waals surface area contributed by atoms with Gasteiger partial charge in [-0.05, 0) is 49.2 Å². The van der Waals surface area contributed by atoms with Crippen molar-refractivity contribution in [3.63, 3.8) is 0 Å². The van der Waals surface area contributed by atoms with Crippen LogP contribution < -0.4 is 10.6 Å². The number of anilines is 2. The molecule has 0 unspecified atom stereocenters. The number of hydrogen-bond acceptors (Lipinski definition) is 3. The van der Waals surface area contributed by atoms with E-state index in [0.29, 0.717) is 6.04 Å². The number of pyridine rings is 1. The van der Waals surface area contributed by atoms with Crippen molar-refractivity contribution in [1.82, 2.24) is 4.98 Å². The zero-order valence-electron chi connectivity index (χ0n) is 12.0. The number of benzene rings is 1. The van der Waals surface area contributed by atoms with Crippen molar-refractivity contribution < 1.29 is 18.0 Å².